The molecule has 2 atom stereocenters. The van der Waals surface area contributed by atoms with Gasteiger partial charge in [-0.15, -0.1) is 0 Å². The number of carbonyl (C=O) groups is 2. The number of phenolic OH excluding ortho intramolecular Hbond substituents is 1. The van der Waals surface area contributed by atoms with Crippen molar-refractivity contribution < 1.29 is 34.4 Å². The highest BCUT2D eigenvalue weighted by Crippen LogP contribution is 2.37. The van der Waals surface area contributed by atoms with E-state index in [2.05, 4.69) is 4.74 Å². The fourth-order valence-electron chi connectivity index (χ4n) is 1.74. The highest BCUT2D eigenvalue weighted by Gasteiger charge is 2.28. The van der Waals surface area contributed by atoms with E-state index in [0.717, 1.165) is 7.11 Å². The molecule has 0 aliphatic carbocycles. The predicted octanol–water partition coefficient (Wildman–Crippen LogP) is 0.171. The van der Waals surface area contributed by atoms with E-state index in [1.165, 1.54) is 19.2 Å². The monoisotopic (exact) mass is 284 g/mol. The van der Waals surface area contributed by atoms with Crippen molar-refractivity contribution >= 4 is 12.3 Å². The van der Waals surface area contributed by atoms with Gasteiger partial charge in [0.25, 0.3) is 0 Å². The number of methoxy groups -OCH3 is 2. The predicted molar refractivity (Wildman–Crippen MR) is 67.6 cm³/mol. The summed E-state index contributed by atoms with van der Waals surface area (Å²) in [5.74, 6) is -1.16. The number of esters is 1. The number of hydrogen-bond donors (Lipinski definition) is 3. The molecule has 0 amide bonds. The third kappa shape index (κ3) is 3.25. The number of carbonyl (C=O) groups excluding carboxylic acids is 2. The molecule has 0 heterocycles. The van der Waals surface area contributed by atoms with Gasteiger partial charge < -0.3 is 24.8 Å². The van der Waals surface area contributed by atoms with Crippen LogP contribution in [0.5, 0.6) is 11.5 Å². The van der Waals surface area contributed by atoms with Gasteiger partial charge in [-0.05, 0) is 12.1 Å². The van der Waals surface area contributed by atoms with Crippen LogP contribution in [0.4, 0.5) is 0 Å². The van der Waals surface area contributed by atoms with Crippen molar-refractivity contribution in [2.45, 2.75) is 18.6 Å². The Bertz CT molecular complexity index is 498. The normalized spacial score (nSPS) is 13.4. The number of aliphatic hydroxyl groups excluding tert-OH is 2. The van der Waals surface area contributed by atoms with Crippen molar-refractivity contribution in [3.8, 4) is 11.5 Å². The van der Waals surface area contributed by atoms with Crippen LogP contribution < -0.4 is 4.74 Å². The second-order valence-corrected chi connectivity index (χ2v) is 4.03. The van der Waals surface area contributed by atoms with Gasteiger partial charge in [0.15, 0.2) is 17.8 Å². The number of benzene rings is 1. The second-order valence-electron chi connectivity index (χ2n) is 4.03. The number of phenols is 1. The SMILES string of the molecule is COC(=O)CC(O)C(O)c1c(C=O)ccc(OC)c1O. The largest absolute Gasteiger partial charge is 0.504 e. The maximum atomic E-state index is 11.1. The summed E-state index contributed by atoms with van der Waals surface area (Å²) < 4.78 is 9.24. The zero-order valence-corrected chi connectivity index (χ0v) is 11.1. The molecule has 0 radical (unpaired) electrons. The van der Waals surface area contributed by atoms with E-state index in [0.29, 0.717) is 6.29 Å². The van der Waals surface area contributed by atoms with E-state index >= 15 is 0 Å². The van der Waals surface area contributed by atoms with Crippen LogP contribution >= 0.6 is 0 Å². The van der Waals surface area contributed by atoms with Gasteiger partial charge in [0.1, 0.15) is 6.10 Å². The fourth-order valence-corrected chi connectivity index (χ4v) is 1.74. The lowest BCUT2D eigenvalue weighted by Crippen LogP contribution is -2.23. The average molecular weight is 284 g/mol. The van der Waals surface area contributed by atoms with Crippen molar-refractivity contribution in [2.24, 2.45) is 0 Å². The molecule has 0 saturated heterocycles. The van der Waals surface area contributed by atoms with Gasteiger partial charge in [-0.2, -0.15) is 0 Å². The zero-order chi connectivity index (χ0) is 15.3. The van der Waals surface area contributed by atoms with Crippen LogP contribution in [0.2, 0.25) is 0 Å². The molecule has 0 aliphatic rings. The number of aliphatic hydroxyl groups is 2. The van der Waals surface area contributed by atoms with E-state index in [-0.39, 0.29) is 16.9 Å². The Kier molecular flexibility index (Phi) is 5.48. The molecule has 1 aromatic rings. The second kappa shape index (κ2) is 6.88. The molecular weight excluding hydrogens is 268 g/mol. The molecule has 1 aromatic carbocycles. The van der Waals surface area contributed by atoms with Crippen molar-refractivity contribution in [1.82, 2.24) is 0 Å². The number of aromatic hydroxyl groups is 1. The summed E-state index contributed by atoms with van der Waals surface area (Å²) in [6, 6.07) is 2.68. The number of ether oxygens (including phenoxy) is 2. The molecule has 1 rings (SSSR count). The Labute approximate surface area is 115 Å². The van der Waals surface area contributed by atoms with Crippen molar-refractivity contribution in [2.75, 3.05) is 14.2 Å². The molecule has 0 aliphatic heterocycles. The summed E-state index contributed by atoms with van der Waals surface area (Å²) in [6.45, 7) is 0. The molecule has 0 fully saturated rings. The van der Waals surface area contributed by atoms with Gasteiger partial charge in [-0.1, -0.05) is 0 Å². The first-order chi connectivity index (χ1) is 9.46. The molecule has 0 bridgehead atoms. The molecule has 20 heavy (non-hydrogen) atoms. The van der Waals surface area contributed by atoms with Crippen LogP contribution in [-0.2, 0) is 9.53 Å². The van der Waals surface area contributed by atoms with Crippen LogP contribution in [0.15, 0.2) is 12.1 Å². The third-order valence-corrected chi connectivity index (χ3v) is 2.82. The highest BCUT2D eigenvalue weighted by molar-refractivity contribution is 5.80. The lowest BCUT2D eigenvalue weighted by molar-refractivity contribution is -0.144. The molecule has 0 spiro atoms. The van der Waals surface area contributed by atoms with E-state index in [1.54, 1.807) is 0 Å². The third-order valence-electron chi connectivity index (χ3n) is 2.82. The summed E-state index contributed by atoms with van der Waals surface area (Å²) in [7, 11) is 2.44. The molecule has 7 heteroatoms. The Morgan fingerprint density at radius 2 is 2.00 bits per heavy atom. The minimum absolute atomic E-state index is 0.0142. The molecule has 7 nitrogen and oxygen atoms in total. The van der Waals surface area contributed by atoms with Gasteiger partial charge in [0.2, 0.25) is 0 Å². The topological polar surface area (TPSA) is 113 Å². The lowest BCUT2D eigenvalue weighted by atomic mass is 9.96. The van der Waals surface area contributed by atoms with Gasteiger partial charge in [0.05, 0.1) is 26.7 Å². The first-order valence-corrected chi connectivity index (χ1v) is 5.74. The van der Waals surface area contributed by atoms with Crippen molar-refractivity contribution in [3.63, 3.8) is 0 Å². The van der Waals surface area contributed by atoms with Crippen LogP contribution in [0.3, 0.4) is 0 Å². The van der Waals surface area contributed by atoms with Crippen LogP contribution in [0.1, 0.15) is 28.4 Å². The molecule has 2 unspecified atom stereocenters. The minimum Gasteiger partial charge on any atom is -0.504 e. The molecule has 0 aromatic heterocycles. The first-order valence-electron chi connectivity index (χ1n) is 5.74. The maximum Gasteiger partial charge on any atom is 0.308 e. The fraction of sp³-hybridized carbons (Fsp3) is 0.385. The summed E-state index contributed by atoms with van der Waals surface area (Å²) in [6.07, 6.45) is -3.22. The van der Waals surface area contributed by atoms with Crippen LogP contribution in [0.25, 0.3) is 0 Å². The Hall–Kier alpha value is -2.12. The van der Waals surface area contributed by atoms with Crippen molar-refractivity contribution in [1.29, 1.82) is 0 Å². The zero-order valence-electron chi connectivity index (χ0n) is 11.1. The summed E-state index contributed by atoms with van der Waals surface area (Å²) in [4.78, 5) is 22.0. The Morgan fingerprint density at radius 3 is 2.50 bits per heavy atom. The maximum absolute atomic E-state index is 11.1. The summed E-state index contributed by atoms with van der Waals surface area (Å²) in [5.41, 5.74) is -0.213. The van der Waals surface area contributed by atoms with E-state index < -0.39 is 30.3 Å². The minimum atomic E-state index is -1.63. The van der Waals surface area contributed by atoms with Crippen LogP contribution in [-0.4, -0.2) is 47.9 Å². The van der Waals surface area contributed by atoms with Gasteiger partial charge >= 0.3 is 5.97 Å². The number of hydrogen-bond acceptors (Lipinski definition) is 7. The Morgan fingerprint density at radius 1 is 1.35 bits per heavy atom. The first kappa shape index (κ1) is 15.9. The standard InChI is InChI=1S/C13H16O7/c1-19-9-4-3-7(6-14)11(13(9)18)12(17)8(15)5-10(16)20-2/h3-4,6,8,12,15,17-18H,5H2,1-2H3. The number of rotatable bonds is 6. The van der Waals surface area contributed by atoms with E-state index in [1.807, 2.05) is 0 Å². The molecule has 3 N–H and O–H groups in total. The van der Waals surface area contributed by atoms with E-state index in [4.69, 9.17) is 4.74 Å². The van der Waals surface area contributed by atoms with Crippen LogP contribution in [0, 0.1) is 0 Å². The lowest BCUT2D eigenvalue weighted by Gasteiger charge is -2.20. The summed E-state index contributed by atoms with van der Waals surface area (Å²) in [5, 5.41) is 29.7. The molecule has 110 valence electrons. The summed E-state index contributed by atoms with van der Waals surface area (Å²) >= 11 is 0. The quantitative estimate of drug-likeness (QED) is 0.504. The van der Waals surface area contributed by atoms with E-state index in [9.17, 15) is 24.9 Å². The molecular formula is C13H16O7. The Balaban J connectivity index is 3.16. The van der Waals surface area contributed by atoms with Crippen molar-refractivity contribution in [3.05, 3.63) is 23.3 Å². The van der Waals surface area contributed by atoms with Gasteiger partial charge in [-0.3, -0.25) is 9.59 Å². The smallest absolute Gasteiger partial charge is 0.308 e. The number of aldehydes is 1. The average Bonchev–Trinajstić information content (AvgIpc) is 2.45. The van der Waals surface area contributed by atoms with Gasteiger partial charge in [0, 0.05) is 11.1 Å². The highest BCUT2D eigenvalue weighted by atomic mass is 16.5. The molecule has 0 saturated carbocycles. The van der Waals surface area contributed by atoms with Gasteiger partial charge in [-0.25, -0.2) is 0 Å².